The van der Waals surface area contributed by atoms with Crippen LogP contribution < -0.4 is 0 Å². The molecule has 1 N–H and O–H groups in total. The van der Waals surface area contributed by atoms with Crippen LogP contribution in [0, 0.1) is 17.0 Å². The first kappa shape index (κ1) is 14.9. The molecule has 0 spiro atoms. The van der Waals surface area contributed by atoms with Gasteiger partial charge in [-0.25, -0.2) is 9.78 Å². The molecule has 2 aromatic rings. The average molecular weight is 375 g/mol. The summed E-state index contributed by atoms with van der Waals surface area (Å²) in [5.74, 6) is -0.978. The number of nitro groups is 1. The van der Waals surface area contributed by atoms with Crippen molar-refractivity contribution in [1.82, 2.24) is 4.98 Å². The Labute approximate surface area is 130 Å². The van der Waals surface area contributed by atoms with E-state index in [1.807, 2.05) is 0 Å². The lowest BCUT2D eigenvalue weighted by atomic mass is 10.3. The molecule has 2 heterocycles. The number of thiophene rings is 1. The van der Waals surface area contributed by atoms with Crippen LogP contribution >= 0.6 is 39.0 Å². The van der Waals surface area contributed by atoms with Crippen molar-refractivity contribution in [3.63, 3.8) is 0 Å². The minimum atomic E-state index is -0.978. The molecule has 20 heavy (non-hydrogen) atoms. The van der Waals surface area contributed by atoms with Gasteiger partial charge in [0.1, 0.15) is 16.1 Å². The number of carboxylic acid groups (broad SMARTS) is 1. The molecule has 6 nitrogen and oxygen atoms in total. The normalized spacial score (nSPS) is 10.5. The van der Waals surface area contributed by atoms with E-state index in [4.69, 9.17) is 5.11 Å². The smallest absolute Gasteiger partial charge is 0.345 e. The zero-order chi connectivity index (χ0) is 14.9. The molecule has 0 aliphatic carbocycles. The Morgan fingerprint density at radius 3 is 2.85 bits per heavy atom. The van der Waals surface area contributed by atoms with E-state index in [9.17, 15) is 14.9 Å². The van der Waals surface area contributed by atoms with Crippen molar-refractivity contribution >= 4 is 50.7 Å². The highest BCUT2D eigenvalue weighted by molar-refractivity contribution is 9.10. The Morgan fingerprint density at radius 2 is 2.30 bits per heavy atom. The minimum Gasteiger partial charge on any atom is -0.477 e. The summed E-state index contributed by atoms with van der Waals surface area (Å²) in [6, 6.07) is 1.54. The molecule has 0 aliphatic heterocycles. The van der Waals surface area contributed by atoms with Crippen LogP contribution in [-0.4, -0.2) is 21.0 Å². The summed E-state index contributed by atoms with van der Waals surface area (Å²) < 4.78 is 0.541. The first-order chi connectivity index (χ1) is 9.40. The number of hydrogen-bond acceptors (Lipinski definition) is 6. The van der Waals surface area contributed by atoms with E-state index in [1.54, 1.807) is 18.4 Å². The van der Waals surface area contributed by atoms with Gasteiger partial charge in [-0.2, -0.15) is 0 Å². The highest BCUT2D eigenvalue weighted by Crippen LogP contribution is 2.38. The molecule has 0 saturated carbocycles. The van der Waals surface area contributed by atoms with Crippen molar-refractivity contribution in [3.8, 4) is 0 Å². The van der Waals surface area contributed by atoms with E-state index in [0.29, 0.717) is 15.1 Å². The summed E-state index contributed by atoms with van der Waals surface area (Å²) in [7, 11) is 0. The van der Waals surface area contributed by atoms with Crippen LogP contribution in [-0.2, 0) is 0 Å². The minimum absolute atomic E-state index is 0.0576. The molecule has 2 rings (SSSR count). The largest absolute Gasteiger partial charge is 0.477 e. The summed E-state index contributed by atoms with van der Waals surface area (Å²) in [4.78, 5) is 26.1. The Bertz CT molecular complexity index is 702. The van der Waals surface area contributed by atoms with Crippen LogP contribution in [0.15, 0.2) is 32.0 Å². The topological polar surface area (TPSA) is 93.3 Å². The Morgan fingerprint density at radius 1 is 1.60 bits per heavy atom. The zero-order valence-corrected chi connectivity index (χ0v) is 13.2. The van der Waals surface area contributed by atoms with Gasteiger partial charge in [0.2, 0.25) is 0 Å². The fourth-order valence-corrected chi connectivity index (χ4v) is 3.71. The van der Waals surface area contributed by atoms with Gasteiger partial charge in [0, 0.05) is 15.8 Å². The van der Waals surface area contributed by atoms with E-state index in [-0.39, 0.29) is 10.6 Å². The quantitative estimate of drug-likeness (QED) is 0.642. The van der Waals surface area contributed by atoms with E-state index in [1.165, 1.54) is 18.0 Å². The Kier molecular flexibility index (Phi) is 4.41. The van der Waals surface area contributed by atoms with Gasteiger partial charge in [0.05, 0.1) is 9.40 Å². The second-order valence-electron chi connectivity index (χ2n) is 3.70. The zero-order valence-electron chi connectivity index (χ0n) is 9.99. The molecule has 2 aromatic heterocycles. The Balaban J connectivity index is 2.32. The molecule has 104 valence electrons. The third-order valence-electron chi connectivity index (χ3n) is 2.40. The molecule has 0 radical (unpaired) electrons. The van der Waals surface area contributed by atoms with Crippen molar-refractivity contribution in [2.75, 3.05) is 0 Å². The second kappa shape index (κ2) is 5.90. The maximum absolute atomic E-state index is 10.8. The molecular formula is C11H7BrN2O4S2. The SMILES string of the molecule is Cc1c([N+](=O)[O-])cnc(Sc2csc(C(=O)O)c2)c1Br. The number of halogens is 1. The van der Waals surface area contributed by atoms with Crippen molar-refractivity contribution in [1.29, 1.82) is 0 Å². The van der Waals surface area contributed by atoms with Gasteiger partial charge in [-0.15, -0.1) is 11.3 Å². The number of carbonyl (C=O) groups is 1. The molecule has 0 fully saturated rings. The fraction of sp³-hybridized carbons (Fsp3) is 0.0909. The summed E-state index contributed by atoms with van der Waals surface area (Å²) in [6.07, 6.45) is 1.20. The van der Waals surface area contributed by atoms with E-state index < -0.39 is 10.9 Å². The number of aromatic nitrogens is 1. The molecule has 0 aliphatic rings. The third-order valence-corrected chi connectivity index (χ3v) is 5.68. The van der Waals surface area contributed by atoms with Crippen molar-refractivity contribution in [3.05, 3.63) is 42.7 Å². The van der Waals surface area contributed by atoms with Crippen molar-refractivity contribution in [2.24, 2.45) is 0 Å². The standard InChI is InChI=1S/C11H7BrN2O4S2/c1-5-7(14(17)18)3-13-10(9(5)12)20-6-2-8(11(15)16)19-4-6/h2-4H,1H3,(H,15,16). The van der Waals surface area contributed by atoms with Gasteiger partial charge in [-0.05, 0) is 28.9 Å². The van der Waals surface area contributed by atoms with Crippen LogP contribution in [0.4, 0.5) is 5.69 Å². The van der Waals surface area contributed by atoms with Gasteiger partial charge in [-0.3, -0.25) is 10.1 Å². The predicted octanol–water partition coefficient (Wildman–Crippen LogP) is 3.97. The summed E-state index contributed by atoms with van der Waals surface area (Å²) in [5, 5.41) is 21.9. The second-order valence-corrected chi connectivity index (χ2v) is 6.47. The van der Waals surface area contributed by atoms with Crippen LogP contribution in [0.1, 0.15) is 15.2 Å². The van der Waals surface area contributed by atoms with Gasteiger partial charge in [0.25, 0.3) is 5.69 Å². The third kappa shape index (κ3) is 3.00. The molecule has 0 bridgehead atoms. The number of carboxylic acids is 1. The maximum atomic E-state index is 10.8. The van der Waals surface area contributed by atoms with E-state index >= 15 is 0 Å². The summed E-state index contributed by atoms with van der Waals surface area (Å²) in [6.45, 7) is 1.63. The van der Waals surface area contributed by atoms with Crippen molar-refractivity contribution < 1.29 is 14.8 Å². The van der Waals surface area contributed by atoms with Crippen molar-refractivity contribution in [2.45, 2.75) is 16.8 Å². The average Bonchev–Trinajstić information content (AvgIpc) is 2.83. The van der Waals surface area contributed by atoms with Gasteiger partial charge >= 0.3 is 5.97 Å². The van der Waals surface area contributed by atoms with Gasteiger partial charge in [-0.1, -0.05) is 11.8 Å². The van der Waals surface area contributed by atoms with Gasteiger partial charge < -0.3 is 5.11 Å². The molecule has 0 atom stereocenters. The summed E-state index contributed by atoms with van der Waals surface area (Å²) >= 11 is 5.67. The lowest BCUT2D eigenvalue weighted by Gasteiger charge is -2.05. The van der Waals surface area contributed by atoms with Crippen LogP contribution in [0.3, 0.4) is 0 Å². The van der Waals surface area contributed by atoms with E-state index in [2.05, 4.69) is 20.9 Å². The first-order valence-electron chi connectivity index (χ1n) is 5.19. The number of pyridine rings is 1. The lowest BCUT2D eigenvalue weighted by Crippen LogP contribution is -1.95. The number of hydrogen-bond donors (Lipinski definition) is 1. The van der Waals surface area contributed by atoms with Crippen LogP contribution in [0.25, 0.3) is 0 Å². The lowest BCUT2D eigenvalue weighted by molar-refractivity contribution is -0.385. The number of rotatable bonds is 4. The first-order valence-corrected chi connectivity index (χ1v) is 7.68. The molecule has 0 saturated heterocycles. The van der Waals surface area contributed by atoms with Crippen LogP contribution in [0.2, 0.25) is 0 Å². The van der Waals surface area contributed by atoms with Gasteiger partial charge in [0.15, 0.2) is 0 Å². The van der Waals surface area contributed by atoms with E-state index in [0.717, 1.165) is 16.2 Å². The number of aromatic carboxylic acids is 1. The highest BCUT2D eigenvalue weighted by atomic mass is 79.9. The molecule has 0 aromatic carbocycles. The predicted molar refractivity (Wildman–Crippen MR) is 78.7 cm³/mol. The molecule has 9 heteroatoms. The Hall–Kier alpha value is -1.45. The monoisotopic (exact) mass is 374 g/mol. The van der Waals surface area contributed by atoms with Crippen LogP contribution in [0.5, 0.6) is 0 Å². The summed E-state index contributed by atoms with van der Waals surface area (Å²) in [5.41, 5.74) is 0.430. The molecule has 0 amide bonds. The molecule has 0 unspecified atom stereocenters. The fourth-order valence-electron chi connectivity index (χ4n) is 1.40. The maximum Gasteiger partial charge on any atom is 0.345 e. The number of nitrogens with zero attached hydrogens (tertiary/aromatic N) is 2. The molecular weight excluding hydrogens is 368 g/mol. The highest BCUT2D eigenvalue weighted by Gasteiger charge is 2.18.